The zero-order valence-corrected chi connectivity index (χ0v) is 19.2. The van der Waals surface area contributed by atoms with Crippen molar-refractivity contribution in [3.63, 3.8) is 0 Å². The lowest BCUT2D eigenvalue weighted by Crippen LogP contribution is -2.71. The molecule has 0 spiro atoms. The number of carbonyl (C=O) groups is 3. The zero-order valence-electron chi connectivity index (χ0n) is 18.4. The lowest BCUT2D eigenvalue weighted by atomic mass is 10.0. The number of fused-ring (bicyclic) bond motifs is 1. The van der Waals surface area contributed by atoms with Gasteiger partial charge in [0.1, 0.15) is 35.2 Å². The molecule has 2 N–H and O–H groups in total. The number of aliphatic hydroxyl groups is 1. The van der Waals surface area contributed by atoms with Crippen LogP contribution < -0.4 is 14.8 Å². The van der Waals surface area contributed by atoms with Crippen LogP contribution >= 0.6 is 11.8 Å². The van der Waals surface area contributed by atoms with Gasteiger partial charge in [-0.15, -0.1) is 11.8 Å². The Balaban J connectivity index is 1.37. The molecular formula is C24H24N2O7S. The highest BCUT2D eigenvalue weighted by molar-refractivity contribution is 8.00. The normalized spacial score (nSPS) is 19.1. The summed E-state index contributed by atoms with van der Waals surface area (Å²) in [5.74, 6) is -0.0129. The van der Waals surface area contributed by atoms with Crippen LogP contribution in [0.4, 0.5) is 0 Å². The Morgan fingerprint density at radius 2 is 1.85 bits per heavy atom. The minimum absolute atomic E-state index is 0.00185. The highest BCUT2D eigenvalue weighted by Crippen LogP contribution is 2.40. The smallest absolute Gasteiger partial charge is 0.355 e. The van der Waals surface area contributed by atoms with Gasteiger partial charge in [-0.2, -0.15) is 0 Å². The van der Waals surface area contributed by atoms with Crippen LogP contribution in [0.2, 0.25) is 0 Å². The number of benzene rings is 2. The van der Waals surface area contributed by atoms with Gasteiger partial charge in [-0.1, -0.05) is 30.3 Å². The molecule has 2 aliphatic heterocycles. The SMILES string of the molecule is COc1ccc(COC(=O)C2=C(CO)CS[C@H]3[C@@H](NC(=O)COc4ccccc4)C(=O)N23)cc1. The Kier molecular flexibility index (Phi) is 7.39. The van der Waals surface area contributed by atoms with Gasteiger partial charge in [0.15, 0.2) is 6.61 Å². The second kappa shape index (κ2) is 10.6. The molecule has 2 heterocycles. The van der Waals surface area contributed by atoms with E-state index in [4.69, 9.17) is 14.2 Å². The monoisotopic (exact) mass is 484 g/mol. The molecule has 0 radical (unpaired) electrons. The van der Waals surface area contributed by atoms with Gasteiger partial charge >= 0.3 is 5.97 Å². The van der Waals surface area contributed by atoms with Gasteiger partial charge in [0, 0.05) is 5.75 Å². The quantitative estimate of drug-likeness (QED) is 0.406. The molecule has 1 saturated heterocycles. The molecule has 2 atom stereocenters. The van der Waals surface area contributed by atoms with Crippen LogP contribution in [0, 0.1) is 0 Å². The molecule has 2 amide bonds. The van der Waals surface area contributed by atoms with E-state index in [1.807, 2.05) is 6.07 Å². The predicted octanol–water partition coefficient (Wildman–Crippen LogP) is 1.46. The van der Waals surface area contributed by atoms with E-state index in [0.29, 0.717) is 22.8 Å². The second-order valence-corrected chi connectivity index (χ2v) is 8.70. The van der Waals surface area contributed by atoms with Crippen LogP contribution in [0.5, 0.6) is 11.5 Å². The first-order valence-corrected chi connectivity index (χ1v) is 11.6. The Labute approximate surface area is 200 Å². The third kappa shape index (κ3) is 5.02. The minimum atomic E-state index is -0.790. The summed E-state index contributed by atoms with van der Waals surface area (Å²) in [7, 11) is 1.56. The summed E-state index contributed by atoms with van der Waals surface area (Å²) in [4.78, 5) is 39.3. The first-order valence-electron chi connectivity index (χ1n) is 10.6. The van der Waals surface area contributed by atoms with E-state index in [1.165, 1.54) is 16.7 Å². The predicted molar refractivity (Wildman–Crippen MR) is 124 cm³/mol. The van der Waals surface area contributed by atoms with Crippen molar-refractivity contribution in [2.45, 2.75) is 18.0 Å². The van der Waals surface area contributed by atoms with E-state index in [2.05, 4.69) is 5.32 Å². The number of methoxy groups -OCH3 is 1. The highest BCUT2D eigenvalue weighted by atomic mass is 32.2. The van der Waals surface area contributed by atoms with E-state index < -0.39 is 29.2 Å². The lowest BCUT2D eigenvalue weighted by Gasteiger charge is -2.49. The molecule has 1 fully saturated rings. The zero-order chi connectivity index (χ0) is 24.1. The van der Waals surface area contributed by atoms with Crippen LogP contribution in [0.15, 0.2) is 65.9 Å². The second-order valence-electron chi connectivity index (χ2n) is 7.59. The average molecular weight is 485 g/mol. The Bertz CT molecular complexity index is 1090. The summed E-state index contributed by atoms with van der Waals surface area (Å²) in [6, 6.07) is 15.1. The fraction of sp³-hybridized carbons (Fsp3) is 0.292. The van der Waals surface area contributed by atoms with Gasteiger partial charge in [-0.3, -0.25) is 14.5 Å². The van der Waals surface area contributed by atoms with E-state index in [-0.39, 0.29) is 25.5 Å². The van der Waals surface area contributed by atoms with E-state index in [9.17, 15) is 19.5 Å². The van der Waals surface area contributed by atoms with Gasteiger partial charge in [0.25, 0.3) is 11.8 Å². The van der Waals surface area contributed by atoms with E-state index in [0.717, 1.165) is 5.56 Å². The maximum absolute atomic E-state index is 12.9. The van der Waals surface area contributed by atoms with Crippen molar-refractivity contribution in [2.24, 2.45) is 0 Å². The maximum Gasteiger partial charge on any atom is 0.355 e. The van der Waals surface area contributed by atoms with Gasteiger partial charge in [0.05, 0.1) is 13.7 Å². The fourth-order valence-corrected chi connectivity index (χ4v) is 4.95. The third-order valence-electron chi connectivity index (χ3n) is 5.39. The molecule has 2 aliphatic rings. The maximum atomic E-state index is 12.9. The molecular weight excluding hydrogens is 460 g/mol. The third-order valence-corrected chi connectivity index (χ3v) is 6.73. The van der Waals surface area contributed by atoms with E-state index in [1.54, 1.807) is 55.6 Å². The fourth-order valence-electron chi connectivity index (χ4n) is 3.61. The molecule has 0 aliphatic carbocycles. The number of thioether (sulfide) groups is 1. The molecule has 2 aromatic carbocycles. The van der Waals surface area contributed by atoms with Crippen molar-refractivity contribution in [3.05, 3.63) is 71.4 Å². The van der Waals surface area contributed by atoms with Crippen LogP contribution in [-0.4, -0.2) is 65.3 Å². The summed E-state index contributed by atoms with van der Waals surface area (Å²) in [6.45, 7) is -0.611. The van der Waals surface area contributed by atoms with Crippen LogP contribution in [0.1, 0.15) is 5.56 Å². The van der Waals surface area contributed by atoms with Crippen LogP contribution in [-0.2, 0) is 25.7 Å². The highest BCUT2D eigenvalue weighted by Gasteiger charge is 2.54. The molecule has 0 aromatic heterocycles. The number of amides is 2. The molecule has 0 unspecified atom stereocenters. The Hall–Kier alpha value is -3.50. The first-order chi connectivity index (χ1) is 16.5. The van der Waals surface area contributed by atoms with Gasteiger partial charge in [-0.05, 0) is 35.4 Å². The number of para-hydroxylation sites is 1. The van der Waals surface area contributed by atoms with Crippen LogP contribution in [0.3, 0.4) is 0 Å². The first kappa shape index (κ1) is 23.7. The Morgan fingerprint density at radius 1 is 1.12 bits per heavy atom. The van der Waals surface area contributed by atoms with Crippen molar-refractivity contribution in [3.8, 4) is 11.5 Å². The van der Waals surface area contributed by atoms with Crippen molar-refractivity contribution in [2.75, 3.05) is 26.1 Å². The number of hydrogen-bond donors (Lipinski definition) is 2. The van der Waals surface area contributed by atoms with Crippen molar-refractivity contribution < 1.29 is 33.7 Å². The number of hydrogen-bond acceptors (Lipinski definition) is 8. The summed E-state index contributed by atoms with van der Waals surface area (Å²) >= 11 is 1.36. The van der Waals surface area contributed by atoms with Crippen LogP contribution in [0.25, 0.3) is 0 Å². The minimum Gasteiger partial charge on any atom is -0.497 e. The molecule has 10 heteroatoms. The number of rotatable bonds is 9. The standard InChI is InChI=1S/C24H24N2O7S/c1-31-17-9-7-15(8-10-17)12-33-24(30)21-16(11-27)14-34-23-20(22(29)26(21)23)25-19(28)13-32-18-5-3-2-4-6-18/h2-10,20,23,27H,11-14H2,1H3,(H,25,28)/t20-,23-/m0/s1. The number of carbonyl (C=O) groups excluding carboxylic acids is 3. The van der Waals surface area contributed by atoms with Crippen molar-refractivity contribution in [1.29, 1.82) is 0 Å². The summed E-state index contributed by atoms with van der Waals surface area (Å²) in [5, 5.41) is 11.9. The number of ether oxygens (including phenoxy) is 3. The van der Waals surface area contributed by atoms with E-state index >= 15 is 0 Å². The summed E-state index contributed by atoms with van der Waals surface area (Å²) in [6.07, 6.45) is 0. The molecule has 2 aromatic rings. The van der Waals surface area contributed by atoms with Gasteiger partial charge < -0.3 is 24.6 Å². The summed E-state index contributed by atoms with van der Waals surface area (Å²) in [5.41, 5.74) is 1.20. The van der Waals surface area contributed by atoms with Crippen molar-refractivity contribution in [1.82, 2.24) is 10.2 Å². The number of esters is 1. The molecule has 34 heavy (non-hydrogen) atoms. The molecule has 4 rings (SSSR count). The van der Waals surface area contributed by atoms with Gasteiger partial charge in [-0.25, -0.2) is 4.79 Å². The number of nitrogens with zero attached hydrogens (tertiary/aromatic N) is 1. The molecule has 0 saturated carbocycles. The topological polar surface area (TPSA) is 114 Å². The number of nitrogens with one attached hydrogen (secondary N) is 1. The van der Waals surface area contributed by atoms with Gasteiger partial charge in [0.2, 0.25) is 0 Å². The Morgan fingerprint density at radius 3 is 2.53 bits per heavy atom. The average Bonchev–Trinajstić information content (AvgIpc) is 2.89. The molecule has 9 nitrogen and oxygen atoms in total. The molecule has 178 valence electrons. The number of β-lactam (4-membered cyclic amide) rings is 1. The summed E-state index contributed by atoms with van der Waals surface area (Å²) < 4.78 is 16.0. The van der Waals surface area contributed by atoms with Crippen molar-refractivity contribution >= 4 is 29.5 Å². The largest absolute Gasteiger partial charge is 0.497 e. The molecule has 0 bridgehead atoms. The lowest BCUT2D eigenvalue weighted by molar-refractivity contribution is -0.153. The number of aliphatic hydroxyl groups excluding tert-OH is 1.